The van der Waals surface area contributed by atoms with Crippen LogP contribution >= 0.6 is 27.5 Å². The fourth-order valence-corrected chi connectivity index (χ4v) is 2.82. The normalized spacial score (nSPS) is 10.1. The molecule has 24 heavy (non-hydrogen) atoms. The first-order chi connectivity index (χ1) is 11.5. The van der Waals surface area contributed by atoms with E-state index in [1.807, 2.05) is 31.2 Å². The lowest BCUT2D eigenvalue weighted by Gasteiger charge is -2.22. The molecule has 0 unspecified atom stereocenters. The van der Waals surface area contributed by atoms with Gasteiger partial charge in [0.2, 0.25) is 0 Å². The van der Waals surface area contributed by atoms with Crippen molar-refractivity contribution < 1.29 is 9.53 Å². The molecule has 6 heteroatoms. The van der Waals surface area contributed by atoms with Crippen LogP contribution in [-0.2, 0) is 4.79 Å². The van der Waals surface area contributed by atoms with Crippen molar-refractivity contribution in [1.82, 2.24) is 0 Å². The third-order valence-electron chi connectivity index (χ3n) is 3.34. The Bertz CT molecular complexity index is 757. The van der Waals surface area contributed by atoms with Crippen LogP contribution in [0.25, 0.3) is 0 Å². The maximum absolute atomic E-state index is 12.5. The quantitative estimate of drug-likeness (QED) is 0.695. The van der Waals surface area contributed by atoms with Crippen molar-refractivity contribution in [3.63, 3.8) is 0 Å². The Hall–Kier alpha value is -2.03. The van der Waals surface area contributed by atoms with Gasteiger partial charge in [0.25, 0.3) is 5.91 Å². The summed E-state index contributed by atoms with van der Waals surface area (Å²) in [7, 11) is 0. The van der Waals surface area contributed by atoms with Crippen molar-refractivity contribution in [2.45, 2.75) is 13.3 Å². The molecule has 0 saturated heterocycles. The lowest BCUT2D eigenvalue weighted by atomic mass is 10.2. The van der Waals surface area contributed by atoms with Crippen LogP contribution in [0.2, 0.25) is 5.02 Å². The summed E-state index contributed by atoms with van der Waals surface area (Å²) >= 11 is 9.41. The number of ether oxygens (including phenoxy) is 1. The van der Waals surface area contributed by atoms with E-state index < -0.39 is 0 Å². The molecule has 0 aromatic heterocycles. The average molecular weight is 408 g/mol. The van der Waals surface area contributed by atoms with Gasteiger partial charge in [0, 0.05) is 16.7 Å². The number of rotatable bonds is 6. The molecule has 0 aliphatic rings. The number of amides is 1. The maximum atomic E-state index is 12.5. The standard InChI is InChI=1S/C18H16BrClN2O2/c1-13-3-6-15(7-4-13)22(10-2-9-21)18(23)12-24-17-8-5-14(19)11-16(17)20/h3-8,11H,2,10,12H2,1H3. The second-order valence-electron chi connectivity index (χ2n) is 5.15. The zero-order valence-corrected chi connectivity index (χ0v) is 15.5. The molecule has 0 spiro atoms. The van der Waals surface area contributed by atoms with Crippen molar-refractivity contribution in [2.75, 3.05) is 18.1 Å². The van der Waals surface area contributed by atoms with E-state index in [-0.39, 0.29) is 18.9 Å². The van der Waals surface area contributed by atoms with Gasteiger partial charge in [-0.15, -0.1) is 0 Å². The molecule has 0 aliphatic heterocycles. The average Bonchev–Trinajstić information content (AvgIpc) is 2.56. The van der Waals surface area contributed by atoms with Crippen LogP contribution in [0.15, 0.2) is 46.9 Å². The first-order valence-electron chi connectivity index (χ1n) is 7.33. The minimum absolute atomic E-state index is 0.152. The number of anilines is 1. The molecular formula is C18H16BrClN2O2. The highest BCUT2D eigenvalue weighted by atomic mass is 79.9. The van der Waals surface area contributed by atoms with E-state index in [0.717, 1.165) is 15.7 Å². The molecule has 0 N–H and O–H groups in total. The number of aryl methyl sites for hydroxylation is 1. The van der Waals surface area contributed by atoms with Crippen LogP contribution in [0.4, 0.5) is 5.69 Å². The number of carbonyl (C=O) groups is 1. The molecule has 0 atom stereocenters. The molecule has 1 amide bonds. The number of nitriles is 1. The minimum Gasteiger partial charge on any atom is -0.482 e. The van der Waals surface area contributed by atoms with Crippen molar-refractivity contribution >= 4 is 39.1 Å². The molecular weight excluding hydrogens is 392 g/mol. The number of carbonyl (C=O) groups excluding carboxylic acids is 1. The van der Waals surface area contributed by atoms with E-state index in [1.165, 1.54) is 0 Å². The first kappa shape index (κ1) is 18.3. The van der Waals surface area contributed by atoms with Gasteiger partial charge in [-0.25, -0.2) is 0 Å². The summed E-state index contributed by atoms with van der Waals surface area (Å²) in [6.07, 6.45) is 0.249. The minimum atomic E-state index is -0.229. The zero-order chi connectivity index (χ0) is 17.5. The molecule has 0 fully saturated rings. The molecule has 0 heterocycles. The van der Waals surface area contributed by atoms with Crippen LogP contribution < -0.4 is 9.64 Å². The third-order valence-corrected chi connectivity index (χ3v) is 4.13. The molecule has 0 saturated carbocycles. The molecule has 0 aliphatic carbocycles. The molecule has 2 aromatic rings. The van der Waals surface area contributed by atoms with Crippen LogP contribution in [0, 0.1) is 18.3 Å². The Labute approximate surface area is 154 Å². The lowest BCUT2D eigenvalue weighted by molar-refractivity contribution is -0.120. The van der Waals surface area contributed by atoms with E-state index in [0.29, 0.717) is 17.3 Å². The molecule has 4 nitrogen and oxygen atoms in total. The third kappa shape index (κ3) is 4.98. The fraction of sp³-hybridized carbons (Fsp3) is 0.222. The largest absolute Gasteiger partial charge is 0.482 e. The Kier molecular flexibility index (Phi) is 6.65. The number of hydrogen-bond donors (Lipinski definition) is 0. The zero-order valence-electron chi connectivity index (χ0n) is 13.1. The van der Waals surface area contributed by atoms with Crippen molar-refractivity contribution in [1.29, 1.82) is 5.26 Å². The SMILES string of the molecule is Cc1ccc(N(CCC#N)C(=O)COc2ccc(Br)cc2Cl)cc1. The summed E-state index contributed by atoms with van der Waals surface area (Å²) in [6.45, 7) is 2.14. The summed E-state index contributed by atoms with van der Waals surface area (Å²) in [4.78, 5) is 14.1. The Morgan fingerprint density at radius 2 is 2.00 bits per heavy atom. The highest BCUT2D eigenvalue weighted by Crippen LogP contribution is 2.28. The topological polar surface area (TPSA) is 53.3 Å². The van der Waals surface area contributed by atoms with Gasteiger partial charge in [-0.1, -0.05) is 45.2 Å². The second-order valence-corrected chi connectivity index (χ2v) is 6.48. The summed E-state index contributed by atoms with van der Waals surface area (Å²) in [5.41, 5.74) is 1.84. The van der Waals surface area contributed by atoms with Gasteiger partial charge in [-0.05, 0) is 37.3 Å². The van der Waals surface area contributed by atoms with Gasteiger partial charge >= 0.3 is 0 Å². The second kappa shape index (κ2) is 8.72. The van der Waals surface area contributed by atoms with Gasteiger partial charge in [-0.2, -0.15) is 5.26 Å². The van der Waals surface area contributed by atoms with Crippen molar-refractivity contribution in [3.8, 4) is 11.8 Å². The van der Waals surface area contributed by atoms with E-state index in [4.69, 9.17) is 21.6 Å². The van der Waals surface area contributed by atoms with E-state index >= 15 is 0 Å². The number of hydrogen-bond acceptors (Lipinski definition) is 3. The Balaban J connectivity index is 2.10. The maximum Gasteiger partial charge on any atom is 0.264 e. The van der Waals surface area contributed by atoms with Crippen LogP contribution in [0.1, 0.15) is 12.0 Å². The van der Waals surface area contributed by atoms with Gasteiger partial charge in [-0.3, -0.25) is 4.79 Å². The van der Waals surface area contributed by atoms with Crippen LogP contribution in [-0.4, -0.2) is 19.1 Å². The Morgan fingerprint density at radius 3 is 2.62 bits per heavy atom. The fourth-order valence-electron chi connectivity index (χ4n) is 2.09. The lowest BCUT2D eigenvalue weighted by Crippen LogP contribution is -2.35. The molecule has 124 valence electrons. The summed E-state index contributed by atoms with van der Waals surface area (Å²) in [5, 5.41) is 9.24. The van der Waals surface area contributed by atoms with E-state index in [9.17, 15) is 4.79 Å². The smallest absolute Gasteiger partial charge is 0.264 e. The van der Waals surface area contributed by atoms with Gasteiger partial charge < -0.3 is 9.64 Å². The monoisotopic (exact) mass is 406 g/mol. The van der Waals surface area contributed by atoms with Crippen molar-refractivity contribution in [2.24, 2.45) is 0 Å². The Morgan fingerprint density at radius 1 is 1.29 bits per heavy atom. The van der Waals surface area contributed by atoms with Gasteiger partial charge in [0.1, 0.15) is 5.75 Å². The molecule has 2 rings (SSSR count). The van der Waals surface area contributed by atoms with Crippen LogP contribution in [0.5, 0.6) is 5.75 Å². The predicted molar refractivity (Wildman–Crippen MR) is 98.4 cm³/mol. The van der Waals surface area contributed by atoms with E-state index in [1.54, 1.807) is 23.1 Å². The van der Waals surface area contributed by atoms with Gasteiger partial charge in [0.05, 0.1) is 17.5 Å². The van der Waals surface area contributed by atoms with Gasteiger partial charge in [0.15, 0.2) is 6.61 Å². The number of benzene rings is 2. The summed E-state index contributed by atoms with van der Waals surface area (Å²) in [6, 6.07) is 14.8. The first-order valence-corrected chi connectivity index (χ1v) is 8.50. The highest BCUT2D eigenvalue weighted by Gasteiger charge is 2.16. The molecule has 0 bridgehead atoms. The predicted octanol–water partition coefficient (Wildman–Crippen LogP) is 4.74. The molecule has 0 radical (unpaired) electrons. The van der Waals surface area contributed by atoms with Crippen LogP contribution in [0.3, 0.4) is 0 Å². The van der Waals surface area contributed by atoms with E-state index in [2.05, 4.69) is 22.0 Å². The number of halogens is 2. The van der Waals surface area contributed by atoms with Crippen molar-refractivity contribution in [3.05, 3.63) is 57.5 Å². The summed E-state index contributed by atoms with van der Waals surface area (Å²) < 4.78 is 6.37. The number of nitrogens with zero attached hydrogens (tertiary/aromatic N) is 2. The molecule has 2 aromatic carbocycles. The summed E-state index contributed by atoms with van der Waals surface area (Å²) in [5.74, 6) is 0.213. The highest BCUT2D eigenvalue weighted by molar-refractivity contribution is 9.10.